The van der Waals surface area contributed by atoms with Crippen LogP contribution in [0, 0.1) is 0 Å². The van der Waals surface area contributed by atoms with Gasteiger partial charge in [0.05, 0.1) is 13.3 Å². The largest absolute Gasteiger partial charge is 0.317 e. The van der Waals surface area contributed by atoms with Gasteiger partial charge in [-0.25, -0.2) is 0 Å². The van der Waals surface area contributed by atoms with Crippen molar-refractivity contribution in [1.82, 2.24) is 5.32 Å². The molecule has 0 aromatic heterocycles. The second kappa shape index (κ2) is 7.82. The Kier molecular flexibility index (Phi) is 7.66. The summed E-state index contributed by atoms with van der Waals surface area (Å²) in [5, 5.41) is 2.91. The van der Waals surface area contributed by atoms with Crippen LogP contribution in [-0.4, -0.2) is 26.4 Å². The van der Waals surface area contributed by atoms with E-state index >= 15 is 0 Å². The Morgan fingerprint density at radius 3 is 1.67 bits per heavy atom. The van der Waals surface area contributed by atoms with Crippen LogP contribution in [0.5, 0.6) is 0 Å². The van der Waals surface area contributed by atoms with Crippen LogP contribution >= 0.6 is 0 Å². The van der Waals surface area contributed by atoms with E-state index in [1.165, 1.54) is 0 Å². The third-order valence-electron chi connectivity index (χ3n) is 0.974. The van der Waals surface area contributed by atoms with E-state index < -0.39 is 0 Å². The summed E-state index contributed by atoms with van der Waals surface area (Å²) in [6, 6.07) is 0. The van der Waals surface area contributed by atoms with Gasteiger partial charge in [-0.1, -0.05) is 0 Å². The van der Waals surface area contributed by atoms with Gasteiger partial charge in [-0.3, -0.25) is 8.78 Å². The summed E-state index contributed by atoms with van der Waals surface area (Å²) in [4.78, 5) is 0. The van der Waals surface area contributed by atoms with Crippen LogP contribution in [0.25, 0.3) is 0 Å². The minimum absolute atomic E-state index is 0.289. The van der Waals surface area contributed by atoms with E-state index in [1.807, 2.05) is 0 Å². The molecule has 3 heteroatoms. The van der Waals surface area contributed by atoms with Crippen LogP contribution in [0.15, 0.2) is 0 Å². The first-order valence-electron chi connectivity index (χ1n) is 3.24. The predicted molar refractivity (Wildman–Crippen MR) is 34.1 cm³/mol. The molecule has 0 aliphatic rings. The van der Waals surface area contributed by atoms with Gasteiger partial charge >= 0.3 is 0 Å². The van der Waals surface area contributed by atoms with Crippen molar-refractivity contribution in [1.29, 1.82) is 0 Å². The van der Waals surface area contributed by atoms with Crippen LogP contribution in [0.4, 0.5) is 8.78 Å². The minimum Gasteiger partial charge on any atom is -0.317 e. The molecular weight excluding hydrogens is 124 g/mol. The lowest BCUT2D eigenvalue weighted by Crippen LogP contribution is -2.17. The highest BCUT2D eigenvalue weighted by Gasteiger charge is 1.85. The fourth-order valence-corrected chi connectivity index (χ4v) is 0.509. The van der Waals surface area contributed by atoms with E-state index in [1.54, 1.807) is 0 Å². The average molecular weight is 137 g/mol. The van der Waals surface area contributed by atoms with Crippen molar-refractivity contribution in [2.24, 2.45) is 0 Å². The summed E-state index contributed by atoms with van der Waals surface area (Å²) in [7, 11) is 0. The van der Waals surface area contributed by atoms with E-state index in [0.717, 1.165) is 0 Å². The molecule has 0 amide bonds. The molecule has 9 heavy (non-hydrogen) atoms. The molecule has 0 atom stereocenters. The van der Waals surface area contributed by atoms with Crippen molar-refractivity contribution in [3.05, 3.63) is 0 Å². The molecule has 0 aromatic carbocycles. The lowest BCUT2D eigenvalue weighted by molar-refractivity contribution is 0.437. The summed E-state index contributed by atoms with van der Waals surface area (Å²) in [5.41, 5.74) is 0. The van der Waals surface area contributed by atoms with Gasteiger partial charge in [0.2, 0.25) is 0 Å². The minimum atomic E-state index is -0.289. The molecule has 0 saturated heterocycles. The zero-order chi connectivity index (χ0) is 6.95. The van der Waals surface area contributed by atoms with Gasteiger partial charge in [-0.05, 0) is 25.9 Å². The van der Waals surface area contributed by atoms with E-state index in [2.05, 4.69) is 5.32 Å². The smallest absolute Gasteiger partial charge is 0.0906 e. The molecule has 0 saturated carbocycles. The Morgan fingerprint density at radius 1 is 0.889 bits per heavy atom. The molecule has 0 spiro atoms. The zero-order valence-corrected chi connectivity index (χ0v) is 5.50. The molecule has 56 valence electrons. The van der Waals surface area contributed by atoms with Gasteiger partial charge < -0.3 is 5.32 Å². The monoisotopic (exact) mass is 137 g/mol. The van der Waals surface area contributed by atoms with E-state index in [4.69, 9.17) is 0 Å². The number of alkyl halides is 2. The van der Waals surface area contributed by atoms with Gasteiger partial charge in [-0.2, -0.15) is 0 Å². The Balaban J connectivity index is 2.60. The highest BCUT2D eigenvalue weighted by molar-refractivity contribution is 4.45. The molecule has 0 aliphatic carbocycles. The Hall–Kier alpha value is -0.180. The second-order valence-corrected chi connectivity index (χ2v) is 1.84. The van der Waals surface area contributed by atoms with Gasteiger partial charge in [0.25, 0.3) is 0 Å². The van der Waals surface area contributed by atoms with Crippen molar-refractivity contribution >= 4 is 0 Å². The summed E-state index contributed by atoms with van der Waals surface area (Å²) in [6.45, 7) is 0.748. The van der Waals surface area contributed by atoms with Crippen LogP contribution < -0.4 is 5.32 Å². The maximum absolute atomic E-state index is 11.4. The summed E-state index contributed by atoms with van der Waals surface area (Å²) < 4.78 is 22.8. The van der Waals surface area contributed by atoms with Gasteiger partial charge in [0.15, 0.2) is 0 Å². The first-order valence-corrected chi connectivity index (χ1v) is 3.24. The van der Waals surface area contributed by atoms with Crippen molar-refractivity contribution in [2.75, 3.05) is 26.4 Å². The fraction of sp³-hybridized carbons (Fsp3) is 1.00. The number of rotatable bonds is 6. The number of nitrogens with one attached hydrogen (secondary N) is 1. The van der Waals surface area contributed by atoms with Crippen LogP contribution in [0.1, 0.15) is 12.8 Å². The predicted octanol–water partition coefficient (Wildman–Crippen LogP) is 1.30. The van der Waals surface area contributed by atoms with Crippen molar-refractivity contribution in [2.45, 2.75) is 12.8 Å². The molecule has 0 aromatic rings. The zero-order valence-electron chi connectivity index (χ0n) is 5.50. The Morgan fingerprint density at radius 2 is 1.33 bits per heavy atom. The molecule has 0 bridgehead atoms. The maximum atomic E-state index is 11.4. The molecule has 0 rings (SSSR count). The molecule has 0 radical (unpaired) electrons. The van der Waals surface area contributed by atoms with Crippen molar-refractivity contribution in [3.63, 3.8) is 0 Å². The quantitative estimate of drug-likeness (QED) is 0.544. The normalized spacial score (nSPS) is 10.0. The first-order chi connectivity index (χ1) is 4.41. The lowest BCUT2D eigenvalue weighted by atomic mass is 10.4. The van der Waals surface area contributed by atoms with E-state index in [-0.39, 0.29) is 13.3 Å². The van der Waals surface area contributed by atoms with E-state index in [0.29, 0.717) is 25.9 Å². The van der Waals surface area contributed by atoms with Crippen LogP contribution in [0.3, 0.4) is 0 Å². The van der Waals surface area contributed by atoms with Crippen LogP contribution in [0.2, 0.25) is 0 Å². The van der Waals surface area contributed by atoms with Gasteiger partial charge in [0.1, 0.15) is 0 Å². The molecular formula is C6H13F2N. The Labute approximate surface area is 54.4 Å². The maximum Gasteiger partial charge on any atom is 0.0906 e. The molecule has 0 fully saturated rings. The van der Waals surface area contributed by atoms with Crippen molar-refractivity contribution in [3.8, 4) is 0 Å². The SMILES string of the molecule is FCCCNCCCF. The average Bonchev–Trinajstić information content (AvgIpc) is 1.89. The Bertz CT molecular complexity index is 44.3. The third-order valence-corrected chi connectivity index (χ3v) is 0.974. The first kappa shape index (κ1) is 8.82. The van der Waals surface area contributed by atoms with Crippen LogP contribution in [-0.2, 0) is 0 Å². The molecule has 1 N–H and O–H groups in total. The highest BCUT2D eigenvalue weighted by Crippen LogP contribution is 1.79. The summed E-state index contributed by atoms with van der Waals surface area (Å²) >= 11 is 0. The highest BCUT2D eigenvalue weighted by atomic mass is 19.1. The second-order valence-electron chi connectivity index (χ2n) is 1.84. The number of halogens is 2. The standard InChI is InChI=1S/C6H13F2N/c7-3-1-5-9-6-2-4-8/h9H,1-6H2. The molecule has 0 heterocycles. The molecule has 0 unspecified atom stereocenters. The van der Waals surface area contributed by atoms with Gasteiger partial charge in [0, 0.05) is 0 Å². The van der Waals surface area contributed by atoms with Gasteiger partial charge in [-0.15, -0.1) is 0 Å². The fourth-order valence-electron chi connectivity index (χ4n) is 0.509. The molecule has 1 nitrogen and oxygen atoms in total. The summed E-state index contributed by atoms with van der Waals surface area (Å²) in [6.07, 6.45) is 1.07. The number of hydrogen-bond acceptors (Lipinski definition) is 1. The summed E-state index contributed by atoms with van der Waals surface area (Å²) in [5.74, 6) is 0. The van der Waals surface area contributed by atoms with E-state index in [9.17, 15) is 8.78 Å². The molecule has 0 aliphatic heterocycles. The van der Waals surface area contributed by atoms with Crippen molar-refractivity contribution < 1.29 is 8.78 Å². The number of hydrogen-bond donors (Lipinski definition) is 1. The topological polar surface area (TPSA) is 12.0 Å². The third kappa shape index (κ3) is 7.82. The lowest BCUT2D eigenvalue weighted by Gasteiger charge is -1.98.